The van der Waals surface area contributed by atoms with Crippen LogP contribution in [0.25, 0.3) is 0 Å². The van der Waals surface area contributed by atoms with Gasteiger partial charge in [0.05, 0.1) is 0 Å². The van der Waals surface area contributed by atoms with Crippen LogP contribution >= 0.6 is 0 Å². The van der Waals surface area contributed by atoms with E-state index in [0.29, 0.717) is 0 Å². The van der Waals surface area contributed by atoms with Crippen molar-refractivity contribution in [2.24, 2.45) is 5.73 Å². The Morgan fingerprint density at radius 1 is 1.45 bits per heavy atom. The van der Waals surface area contributed by atoms with Crippen LogP contribution in [0.3, 0.4) is 0 Å². The van der Waals surface area contributed by atoms with Gasteiger partial charge in [0.2, 0.25) is 5.91 Å². The molecule has 3 N–H and O–H groups in total. The van der Waals surface area contributed by atoms with Crippen LogP contribution in [0.1, 0.15) is 33.6 Å². The molecule has 2 atom stereocenters. The van der Waals surface area contributed by atoms with Gasteiger partial charge in [-0.3, -0.25) is 4.79 Å². The van der Waals surface area contributed by atoms with Crippen LogP contribution in [0.4, 0.5) is 0 Å². The number of carbonyl (C=O) groups excluding carboxylic acids is 1. The maximum absolute atomic E-state index is 10.6. The Bertz CT molecular complexity index is 123. The summed E-state index contributed by atoms with van der Waals surface area (Å²) in [5.41, 5.74) is 5.56. The van der Waals surface area contributed by atoms with Crippen molar-refractivity contribution in [2.45, 2.75) is 45.7 Å². The maximum Gasteiger partial charge on any atom is 0.217 e. The van der Waals surface area contributed by atoms with Gasteiger partial charge in [-0.05, 0) is 26.7 Å². The van der Waals surface area contributed by atoms with Crippen molar-refractivity contribution in [1.29, 1.82) is 0 Å². The van der Waals surface area contributed by atoms with Crippen LogP contribution in [-0.4, -0.2) is 18.0 Å². The molecule has 0 heterocycles. The smallest absolute Gasteiger partial charge is 0.217 e. The Balaban J connectivity index is 3.37. The van der Waals surface area contributed by atoms with Crippen molar-refractivity contribution < 1.29 is 4.79 Å². The Hall–Kier alpha value is -0.570. The minimum atomic E-state index is 0.0298. The van der Waals surface area contributed by atoms with Crippen LogP contribution in [0.15, 0.2) is 0 Å². The lowest BCUT2D eigenvalue weighted by Gasteiger charge is -2.13. The van der Waals surface area contributed by atoms with E-state index in [4.69, 9.17) is 5.73 Å². The second-order valence-corrected chi connectivity index (χ2v) is 3.16. The van der Waals surface area contributed by atoms with Crippen molar-refractivity contribution in [3.63, 3.8) is 0 Å². The van der Waals surface area contributed by atoms with E-state index in [-0.39, 0.29) is 18.0 Å². The molecule has 0 rings (SSSR count). The number of carbonyl (C=O) groups is 1. The molecule has 0 aromatic rings. The molecule has 0 aliphatic rings. The van der Waals surface area contributed by atoms with Gasteiger partial charge in [0.15, 0.2) is 0 Å². The summed E-state index contributed by atoms with van der Waals surface area (Å²) in [5, 5.41) is 2.80. The van der Waals surface area contributed by atoms with Crippen LogP contribution in [-0.2, 0) is 4.79 Å². The van der Waals surface area contributed by atoms with Crippen LogP contribution < -0.4 is 11.1 Å². The zero-order chi connectivity index (χ0) is 8.85. The van der Waals surface area contributed by atoms with Crippen LogP contribution in [0, 0.1) is 0 Å². The predicted molar refractivity (Wildman–Crippen MR) is 46.2 cm³/mol. The normalized spacial score (nSPS) is 15.6. The largest absolute Gasteiger partial charge is 0.354 e. The summed E-state index contributed by atoms with van der Waals surface area (Å²) in [5.74, 6) is 0.0298. The van der Waals surface area contributed by atoms with Gasteiger partial charge < -0.3 is 11.1 Å². The number of nitrogens with one attached hydrogen (secondary N) is 1. The summed E-state index contributed by atoms with van der Waals surface area (Å²) in [4.78, 5) is 10.6. The molecule has 0 radical (unpaired) electrons. The molecular weight excluding hydrogens is 140 g/mol. The van der Waals surface area contributed by atoms with Crippen molar-refractivity contribution in [3.8, 4) is 0 Å². The van der Waals surface area contributed by atoms with E-state index in [1.54, 1.807) is 0 Å². The quantitative estimate of drug-likeness (QED) is 0.630. The van der Waals surface area contributed by atoms with E-state index < -0.39 is 0 Å². The van der Waals surface area contributed by atoms with E-state index in [0.717, 1.165) is 12.8 Å². The van der Waals surface area contributed by atoms with Gasteiger partial charge in [0.25, 0.3) is 0 Å². The first-order chi connectivity index (χ1) is 5.02. The molecule has 3 heteroatoms. The summed E-state index contributed by atoms with van der Waals surface area (Å²) in [6.07, 6.45) is 1.92. The molecule has 0 saturated heterocycles. The molecular formula is C8H18N2O. The Kier molecular flexibility index (Phi) is 4.86. The highest BCUT2D eigenvalue weighted by molar-refractivity contribution is 5.73. The average Bonchev–Trinajstić information content (AvgIpc) is 1.82. The van der Waals surface area contributed by atoms with Crippen molar-refractivity contribution in [3.05, 3.63) is 0 Å². The van der Waals surface area contributed by atoms with Gasteiger partial charge in [-0.25, -0.2) is 0 Å². The molecule has 3 nitrogen and oxygen atoms in total. The number of nitrogens with two attached hydrogens (primary N) is 1. The minimum Gasteiger partial charge on any atom is -0.354 e. The zero-order valence-electron chi connectivity index (χ0n) is 7.55. The van der Waals surface area contributed by atoms with E-state index in [1.165, 1.54) is 6.92 Å². The molecule has 0 fully saturated rings. The summed E-state index contributed by atoms with van der Waals surface area (Å²) in [6, 6.07) is 0.477. The van der Waals surface area contributed by atoms with Gasteiger partial charge in [0, 0.05) is 19.0 Å². The van der Waals surface area contributed by atoms with E-state index in [1.807, 2.05) is 13.8 Å². The van der Waals surface area contributed by atoms with E-state index in [2.05, 4.69) is 5.32 Å². The molecule has 0 saturated carbocycles. The molecule has 0 bridgehead atoms. The third-order valence-electron chi connectivity index (χ3n) is 1.50. The molecule has 0 aliphatic carbocycles. The summed E-state index contributed by atoms with van der Waals surface area (Å²) in [6.45, 7) is 5.49. The topological polar surface area (TPSA) is 55.1 Å². The third kappa shape index (κ3) is 7.33. The summed E-state index contributed by atoms with van der Waals surface area (Å²) < 4.78 is 0. The molecule has 66 valence electrons. The Morgan fingerprint density at radius 3 is 2.36 bits per heavy atom. The van der Waals surface area contributed by atoms with Crippen molar-refractivity contribution >= 4 is 5.91 Å². The molecule has 11 heavy (non-hydrogen) atoms. The number of hydrogen-bond acceptors (Lipinski definition) is 2. The number of rotatable bonds is 4. The fourth-order valence-corrected chi connectivity index (χ4v) is 0.932. The molecule has 0 aromatic heterocycles. The summed E-state index contributed by atoms with van der Waals surface area (Å²) >= 11 is 0. The van der Waals surface area contributed by atoms with Gasteiger partial charge in [-0.15, -0.1) is 0 Å². The number of amides is 1. The fraction of sp³-hybridized carbons (Fsp3) is 0.875. The first-order valence-corrected chi connectivity index (χ1v) is 4.05. The van der Waals surface area contributed by atoms with Crippen molar-refractivity contribution in [2.75, 3.05) is 0 Å². The fourth-order valence-electron chi connectivity index (χ4n) is 0.932. The van der Waals surface area contributed by atoms with Crippen LogP contribution in [0.5, 0.6) is 0 Å². The minimum absolute atomic E-state index is 0.0298. The van der Waals surface area contributed by atoms with Gasteiger partial charge >= 0.3 is 0 Å². The highest BCUT2D eigenvalue weighted by Crippen LogP contribution is 1.98. The Labute approximate surface area is 68.3 Å². The zero-order valence-corrected chi connectivity index (χ0v) is 7.55. The second-order valence-electron chi connectivity index (χ2n) is 3.16. The standard InChI is InChI=1S/C8H18N2O/c1-6(9)4-5-7(2)10-8(3)11/h6-7H,4-5,9H2,1-3H3,(H,10,11). The van der Waals surface area contributed by atoms with Gasteiger partial charge in [-0.2, -0.15) is 0 Å². The van der Waals surface area contributed by atoms with Gasteiger partial charge in [-0.1, -0.05) is 0 Å². The average molecular weight is 158 g/mol. The Morgan fingerprint density at radius 2 is 2.00 bits per heavy atom. The van der Waals surface area contributed by atoms with E-state index >= 15 is 0 Å². The predicted octanol–water partition coefficient (Wildman–Crippen LogP) is 0.638. The molecule has 0 aromatic carbocycles. The monoisotopic (exact) mass is 158 g/mol. The maximum atomic E-state index is 10.6. The second kappa shape index (κ2) is 5.13. The first kappa shape index (κ1) is 10.4. The number of hydrogen-bond donors (Lipinski definition) is 2. The lowest BCUT2D eigenvalue weighted by molar-refractivity contribution is -0.119. The van der Waals surface area contributed by atoms with Gasteiger partial charge in [0.1, 0.15) is 0 Å². The first-order valence-electron chi connectivity index (χ1n) is 4.05. The molecule has 0 spiro atoms. The lowest BCUT2D eigenvalue weighted by atomic mass is 10.1. The van der Waals surface area contributed by atoms with Crippen molar-refractivity contribution in [1.82, 2.24) is 5.32 Å². The molecule has 1 amide bonds. The SMILES string of the molecule is CC(=O)NC(C)CCC(C)N. The highest BCUT2D eigenvalue weighted by Gasteiger charge is 2.03. The van der Waals surface area contributed by atoms with E-state index in [9.17, 15) is 4.79 Å². The lowest BCUT2D eigenvalue weighted by Crippen LogP contribution is -2.31. The van der Waals surface area contributed by atoms with Crippen LogP contribution in [0.2, 0.25) is 0 Å². The summed E-state index contributed by atoms with van der Waals surface area (Å²) in [7, 11) is 0. The highest BCUT2D eigenvalue weighted by atomic mass is 16.1. The third-order valence-corrected chi connectivity index (χ3v) is 1.50. The molecule has 0 aliphatic heterocycles. The molecule has 2 unspecified atom stereocenters.